The number of thiazole rings is 1. The van der Waals surface area contributed by atoms with Crippen molar-refractivity contribution in [3.8, 4) is 0 Å². The lowest BCUT2D eigenvalue weighted by Gasteiger charge is -2.35. The monoisotopic (exact) mass is 312 g/mol. The number of carboxylic acid groups (broad SMARTS) is 1. The van der Waals surface area contributed by atoms with Crippen molar-refractivity contribution in [1.82, 2.24) is 15.2 Å². The Kier molecular flexibility index (Phi) is 5.00. The highest BCUT2D eigenvalue weighted by Gasteiger charge is 2.28. The summed E-state index contributed by atoms with van der Waals surface area (Å²) >= 11 is 1.58. The molecule has 2 amide bonds. The summed E-state index contributed by atoms with van der Waals surface area (Å²) in [7, 11) is 0. The minimum atomic E-state index is -1.00. The number of piperazine rings is 1. The Balaban J connectivity index is 1.87. The van der Waals surface area contributed by atoms with Gasteiger partial charge in [-0.1, -0.05) is 13.8 Å². The number of aliphatic carboxylic acids is 1. The maximum Gasteiger partial charge on any atom is 0.326 e. The first-order valence-electron chi connectivity index (χ1n) is 6.91. The molecule has 1 aliphatic heterocycles. The molecule has 2 N–H and O–H groups in total. The topological polar surface area (TPSA) is 85.8 Å². The summed E-state index contributed by atoms with van der Waals surface area (Å²) in [5, 5.41) is 14.6. The molecule has 1 saturated heterocycles. The zero-order chi connectivity index (χ0) is 15.4. The smallest absolute Gasteiger partial charge is 0.326 e. The number of anilines is 1. The third-order valence-corrected chi connectivity index (χ3v) is 4.30. The van der Waals surface area contributed by atoms with Gasteiger partial charge in [0.2, 0.25) is 0 Å². The van der Waals surface area contributed by atoms with E-state index in [-0.39, 0.29) is 11.9 Å². The molecule has 0 saturated carbocycles. The summed E-state index contributed by atoms with van der Waals surface area (Å²) in [5.74, 6) is -1.15. The van der Waals surface area contributed by atoms with E-state index in [1.54, 1.807) is 36.3 Å². The van der Waals surface area contributed by atoms with Crippen LogP contribution in [0.5, 0.6) is 0 Å². The fraction of sp³-hybridized carbons (Fsp3) is 0.615. The molecule has 0 aromatic carbocycles. The number of nitrogens with one attached hydrogen (secondary N) is 1. The van der Waals surface area contributed by atoms with E-state index < -0.39 is 12.0 Å². The number of aromatic nitrogens is 1. The number of hydrogen-bond acceptors (Lipinski definition) is 5. The van der Waals surface area contributed by atoms with E-state index >= 15 is 0 Å². The third kappa shape index (κ3) is 3.84. The van der Waals surface area contributed by atoms with E-state index in [9.17, 15) is 9.59 Å². The van der Waals surface area contributed by atoms with Crippen LogP contribution in [-0.4, -0.2) is 59.2 Å². The number of rotatable bonds is 4. The molecule has 2 heterocycles. The number of urea groups is 1. The molecule has 8 heteroatoms. The highest BCUT2D eigenvalue weighted by atomic mass is 32.1. The average Bonchev–Trinajstić information content (AvgIpc) is 2.98. The van der Waals surface area contributed by atoms with Crippen LogP contribution in [-0.2, 0) is 4.79 Å². The summed E-state index contributed by atoms with van der Waals surface area (Å²) in [6.45, 7) is 6.10. The van der Waals surface area contributed by atoms with Crippen LogP contribution in [0.4, 0.5) is 9.93 Å². The minimum Gasteiger partial charge on any atom is -0.480 e. The molecule has 1 aliphatic rings. The van der Waals surface area contributed by atoms with E-state index in [0.717, 1.165) is 5.13 Å². The van der Waals surface area contributed by atoms with E-state index in [1.165, 1.54) is 0 Å². The average molecular weight is 312 g/mol. The fourth-order valence-electron chi connectivity index (χ4n) is 2.21. The second-order valence-electron chi connectivity index (χ2n) is 5.30. The molecule has 0 aliphatic carbocycles. The van der Waals surface area contributed by atoms with Crippen LogP contribution in [0.15, 0.2) is 11.6 Å². The Labute approximate surface area is 127 Å². The number of nitrogens with zero attached hydrogens (tertiary/aromatic N) is 3. The quantitative estimate of drug-likeness (QED) is 0.869. The Bertz CT molecular complexity index is 484. The second kappa shape index (κ2) is 6.75. The lowest BCUT2D eigenvalue weighted by atomic mass is 10.1. The van der Waals surface area contributed by atoms with E-state index in [1.807, 2.05) is 5.38 Å². The third-order valence-electron chi connectivity index (χ3n) is 3.47. The highest BCUT2D eigenvalue weighted by Crippen LogP contribution is 2.18. The molecule has 0 bridgehead atoms. The van der Waals surface area contributed by atoms with Gasteiger partial charge < -0.3 is 20.2 Å². The number of carbonyl (C=O) groups excluding carboxylic acids is 1. The number of amides is 2. The lowest BCUT2D eigenvalue weighted by molar-refractivity contribution is -0.140. The Morgan fingerprint density at radius 3 is 2.48 bits per heavy atom. The zero-order valence-electron chi connectivity index (χ0n) is 12.2. The number of carboxylic acids is 1. The van der Waals surface area contributed by atoms with Crippen molar-refractivity contribution < 1.29 is 14.7 Å². The van der Waals surface area contributed by atoms with Crippen molar-refractivity contribution in [2.24, 2.45) is 5.92 Å². The van der Waals surface area contributed by atoms with Gasteiger partial charge in [0.15, 0.2) is 5.13 Å². The van der Waals surface area contributed by atoms with Gasteiger partial charge in [-0.3, -0.25) is 0 Å². The lowest BCUT2D eigenvalue weighted by Crippen LogP contribution is -2.55. The van der Waals surface area contributed by atoms with Crippen LogP contribution in [0.3, 0.4) is 0 Å². The number of hydrogen-bond donors (Lipinski definition) is 2. The molecule has 1 fully saturated rings. The van der Waals surface area contributed by atoms with Crippen LogP contribution < -0.4 is 10.2 Å². The van der Waals surface area contributed by atoms with Crippen molar-refractivity contribution in [3.05, 3.63) is 11.6 Å². The van der Waals surface area contributed by atoms with Gasteiger partial charge in [-0.25, -0.2) is 14.6 Å². The summed E-state index contributed by atoms with van der Waals surface area (Å²) in [4.78, 5) is 31.3. The van der Waals surface area contributed by atoms with Crippen LogP contribution in [0.25, 0.3) is 0 Å². The van der Waals surface area contributed by atoms with E-state index in [2.05, 4.69) is 15.2 Å². The number of carbonyl (C=O) groups is 2. The van der Waals surface area contributed by atoms with E-state index in [0.29, 0.717) is 26.2 Å². The van der Waals surface area contributed by atoms with Gasteiger partial charge in [0, 0.05) is 37.8 Å². The molecule has 1 unspecified atom stereocenters. The van der Waals surface area contributed by atoms with Crippen LogP contribution in [0.2, 0.25) is 0 Å². The van der Waals surface area contributed by atoms with Crippen molar-refractivity contribution in [2.75, 3.05) is 31.1 Å². The molecule has 116 valence electrons. The van der Waals surface area contributed by atoms with Gasteiger partial charge in [0.25, 0.3) is 0 Å². The molecule has 1 atom stereocenters. The van der Waals surface area contributed by atoms with Crippen molar-refractivity contribution in [1.29, 1.82) is 0 Å². The van der Waals surface area contributed by atoms with Crippen LogP contribution >= 0.6 is 11.3 Å². The van der Waals surface area contributed by atoms with Crippen LogP contribution in [0, 0.1) is 5.92 Å². The minimum absolute atomic E-state index is 0.150. The summed E-state index contributed by atoms with van der Waals surface area (Å²) in [6.07, 6.45) is 1.76. The fourth-order valence-corrected chi connectivity index (χ4v) is 2.91. The molecular formula is C13H20N4O3S. The Morgan fingerprint density at radius 1 is 1.33 bits per heavy atom. The summed E-state index contributed by atoms with van der Waals surface area (Å²) in [6, 6.07) is -1.16. The van der Waals surface area contributed by atoms with Crippen molar-refractivity contribution in [2.45, 2.75) is 19.9 Å². The predicted octanol–water partition coefficient (Wildman–Crippen LogP) is 1.08. The zero-order valence-corrected chi connectivity index (χ0v) is 13.0. The molecule has 21 heavy (non-hydrogen) atoms. The van der Waals surface area contributed by atoms with E-state index in [4.69, 9.17) is 5.11 Å². The first-order chi connectivity index (χ1) is 9.99. The van der Waals surface area contributed by atoms with Crippen molar-refractivity contribution in [3.63, 3.8) is 0 Å². The Hall–Kier alpha value is -1.83. The Morgan fingerprint density at radius 2 is 2.00 bits per heavy atom. The first-order valence-corrected chi connectivity index (χ1v) is 7.79. The molecule has 0 spiro atoms. The van der Waals surface area contributed by atoms with Gasteiger partial charge in [-0.2, -0.15) is 0 Å². The second-order valence-corrected chi connectivity index (χ2v) is 6.17. The van der Waals surface area contributed by atoms with Crippen LogP contribution in [0.1, 0.15) is 13.8 Å². The van der Waals surface area contributed by atoms with Gasteiger partial charge >= 0.3 is 12.0 Å². The maximum atomic E-state index is 12.1. The molecule has 0 radical (unpaired) electrons. The van der Waals surface area contributed by atoms with Gasteiger partial charge in [-0.05, 0) is 5.92 Å². The van der Waals surface area contributed by atoms with Crippen molar-refractivity contribution >= 4 is 28.5 Å². The molecular weight excluding hydrogens is 292 g/mol. The van der Waals surface area contributed by atoms with Gasteiger partial charge in [-0.15, -0.1) is 11.3 Å². The molecule has 1 aromatic rings. The van der Waals surface area contributed by atoms with Gasteiger partial charge in [0.05, 0.1) is 0 Å². The predicted molar refractivity (Wildman–Crippen MR) is 80.7 cm³/mol. The summed E-state index contributed by atoms with van der Waals surface area (Å²) < 4.78 is 0. The molecule has 1 aromatic heterocycles. The summed E-state index contributed by atoms with van der Waals surface area (Å²) in [5.41, 5.74) is 0. The molecule has 7 nitrogen and oxygen atoms in total. The SMILES string of the molecule is CC(C)C(NC(=O)N1CCN(c2nccs2)CC1)C(=O)O. The maximum absolute atomic E-state index is 12.1. The largest absolute Gasteiger partial charge is 0.480 e. The normalized spacial score (nSPS) is 16.9. The standard InChI is InChI=1S/C13H20N4O3S/c1-9(2)10(11(18)19)15-12(20)16-4-6-17(7-5-16)13-14-3-8-21-13/h3,8-10H,4-7H2,1-2H3,(H,15,20)(H,18,19). The van der Waals surface area contributed by atoms with Gasteiger partial charge in [0.1, 0.15) is 6.04 Å². The highest BCUT2D eigenvalue weighted by molar-refractivity contribution is 7.13. The molecule has 2 rings (SSSR count). The first kappa shape index (κ1) is 15.6.